The zero-order valence-electron chi connectivity index (χ0n) is 15.7. The largest absolute Gasteiger partial charge is 0.351 e. The molecule has 0 saturated carbocycles. The summed E-state index contributed by atoms with van der Waals surface area (Å²) in [5.41, 5.74) is 3.31. The highest BCUT2D eigenvalue weighted by Crippen LogP contribution is 2.13. The van der Waals surface area contributed by atoms with E-state index in [1.54, 1.807) is 30.3 Å². The summed E-state index contributed by atoms with van der Waals surface area (Å²) in [7, 11) is -3.57. The number of nitrogens with zero attached hydrogens (tertiary/aromatic N) is 2. The smallest absolute Gasteiger partial charge is 0.251 e. The third kappa shape index (κ3) is 4.65. The lowest BCUT2D eigenvalue weighted by atomic mass is 10.2. The first-order valence-corrected chi connectivity index (χ1v) is 10.3. The van der Waals surface area contributed by atoms with Gasteiger partial charge in [-0.1, -0.05) is 18.2 Å². The number of benzene rings is 2. The minimum absolute atomic E-state index is 0.104. The number of hydrogen-bond donors (Lipinski definition) is 2. The summed E-state index contributed by atoms with van der Waals surface area (Å²) in [4.78, 5) is 12.4. The molecule has 0 saturated heterocycles. The fourth-order valence-corrected chi connectivity index (χ4v) is 3.84. The Morgan fingerprint density at radius 2 is 1.68 bits per heavy atom. The van der Waals surface area contributed by atoms with Crippen LogP contribution in [-0.4, -0.2) is 37.2 Å². The van der Waals surface area contributed by atoms with E-state index in [2.05, 4.69) is 15.1 Å². The van der Waals surface area contributed by atoms with E-state index >= 15 is 0 Å². The van der Waals surface area contributed by atoms with Gasteiger partial charge in [0.15, 0.2) is 0 Å². The van der Waals surface area contributed by atoms with Gasteiger partial charge >= 0.3 is 0 Å². The van der Waals surface area contributed by atoms with Gasteiger partial charge < -0.3 is 5.32 Å². The van der Waals surface area contributed by atoms with Crippen LogP contribution in [0.15, 0.2) is 65.6 Å². The van der Waals surface area contributed by atoms with Crippen molar-refractivity contribution in [2.24, 2.45) is 0 Å². The average molecular weight is 398 g/mol. The molecule has 8 heteroatoms. The maximum Gasteiger partial charge on any atom is 0.251 e. The predicted molar refractivity (Wildman–Crippen MR) is 107 cm³/mol. The van der Waals surface area contributed by atoms with Crippen molar-refractivity contribution in [2.75, 3.05) is 13.1 Å². The number of sulfonamides is 1. The van der Waals surface area contributed by atoms with Gasteiger partial charge in [0.1, 0.15) is 0 Å². The van der Waals surface area contributed by atoms with Crippen LogP contribution in [0.25, 0.3) is 5.69 Å². The molecule has 0 unspecified atom stereocenters. The Balaban J connectivity index is 1.53. The Hall–Kier alpha value is -2.97. The first-order valence-electron chi connectivity index (χ1n) is 8.83. The number of hydrogen-bond acceptors (Lipinski definition) is 4. The molecule has 0 aliphatic rings. The van der Waals surface area contributed by atoms with Gasteiger partial charge in [0.25, 0.3) is 5.91 Å². The Kier molecular flexibility index (Phi) is 5.91. The van der Waals surface area contributed by atoms with Crippen LogP contribution in [0.3, 0.4) is 0 Å². The Bertz CT molecular complexity index is 1060. The lowest BCUT2D eigenvalue weighted by molar-refractivity contribution is 0.0954. The molecule has 0 atom stereocenters. The van der Waals surface area contributed by atoms with E-state index in [4.69, 9.17) is 0 Å². The second-order valence-electron chi connectivity index (χ2n) is 6.35. The topological polar surface area (TPSA) is 93.1 Å². The maximum atomic E-state index is 12.2. The molecule has 1 amide bonds. The number of nitrogens with one attached hydrogen (secondary N) is 2. The summed E-state index contributed by atoms with van der Waals surface area (Å²) in [6, 6.07) is 17.2. The van der Waals surface area contributed by atoms with E-state index in [-0.39, 0.29) is 23.9 Å². The van der Waals surface area contributed by atoms with Crippen LogP contribution in [-0.2, 0) is 10.0 Å². The fourth-order valence-electron chi connectivity index (χ4n) is 2.79. The van der Waals surface area contributed by atoms with Crippen LogP contribution in [0.4, 0.5) is 0 Å². The number of rotatable bonds is 7. The molecule has 1 aromatic heterocycles. The summed E-state index contributed by atoms with van der Waals surface area (Å²) < 4.78 is 28.5. The SMILES string of the molecule is Cc1cc(C)n(-c2ccc(C(=O)NCCNS(=O)(=O)c3ccccc3)cc2)n1. The number of aryl methyl sites for hydroxylation is 2. The van der Waals surface area contributed by atoms with Crippen molar-refractivity contribution in [3.63, 3.8) is 0 Å². The third-order valence-corrected chi connectivity index (χ3v) is 5.62. The summed E-state index contributed by atoms with van der Waals surface area (Å²) in [5.74, 6) is -0.265. The van der Waals surface area contributed by atoms with Crippen LogP contribution >= 0.6 is 0 Å². The van der Waals surface area contributed by atoms with Gasteiger partial charge in [-0.2, -0.15) is 5.10 Å². The normalized spacial score (nSPS) is 11.4. The van der Waals surface area contributed by atoms with Crippen molar-refractivity contribution >= 4 is 15.9 Å². The van der Waals surface area contributed by atoms with Gasteiger partial charge in [-0.25, -0.2) is 17.8 Å². The highest BCUT2D eigenvalue weighted by molar-refractivity contribution is 7.89. The van der Waals surface area contributed by atoms with Crippen LogP contribution in [0.5, 0.6) is 0 Å². The lowest BCUT2D eigenvalue weighted by Crippen LogP contribution is -2.34. The first-order chi connectivity index (χ1) is 13.4. The number of carbonyl (C=O) groups is 1. The van der Waals surface area contributed by atoms with E-state index in [0.29, 0.717) is 5.56 Å². The van der Waals surface area contributed by atoms with Gasteiger partial charge in [-0.05, 0) is 56.3 Å². The molecule has 0 spiro atoms. The van der Waals surface area contributed by atoms with Gasteiger partial charge in [0.2, 0.25) is 10.0 Å². The molecule has 0 aliphatic carbocycles. The van der Waals surface area contributed by atoms with Crippen molar-refractivity contribution in [3.8, 4) is 5.69 Å². The highest BCUT2D eigenvalue weighted by Gasteiger charge is 2.13. The highest BCUT2D eigenvalue weighted by atomic mass is 32.2. The van der Waals surface area contributed by atoms with Gasteiger partial charge in [0.05, 0.1) is 16.3 Å². The molecule has 2 N–H and O–H groups in total. The second kappa shape index (κ2) is 8.37. The van der Waals surface area contributed by atoms with Crippen molar-refractivity contribution in [2.45, 2.75) is 18.7 Å². The van der Waals surface area contributed by atoms with Crippen LogP contribution in [0.1, 0.15) is 21.7 Å². The number of carbonyl (C=O) groups excluding carboxylic acids is 1. The van der Waals surface area contributed by atoms with Gasteiger partial charge in [-0.15, -0.1) is 0 Å². The zero-order valence-corrected chi connectivity index (χ0v) is 16.5. The van der Waals surface area contributed by atoms with Crippen LogP contribution < -0.4 is 10.0 Å². The molecule has 2 aromatic carbocycles. The Labute approximate surface area is 164 Å². The van der Waals surface area contributed by atoms with Crippen molar-refractivity contribution < 1.29 is 13.2 Å². The maximum absolute atomic E-state index is 12.2. The number of aromatic nitrogens is 2. The fraction of sp³-hybridized carbons (Fsp3) is 0.200. The average Bonchev–Trinajstić information content (AvgIpc) is 3.04. The minimum atomic E-state index is -3.57. The Morgan fingerprint density at radius 3 is 2.29 bits per heavy atom. The molecule has 0 aliphatic heterocycles. The molecule has 28 heavy (non-hydrogen) atoms. The standard InChI is InChI=1S/C20H22N4O3S/c1-15-14-16(2)24(23-15)18-10-8-17(9-11-18)20(25)21-12-13-22-28(26,27)19-6-4-3-5-7-19/h3-11,14,22H,12-13H2,1-2H3,(H,21,25). The van der Waals surface area contributed by atoms with E-state index < -0.39 is 10.0 Å². The zero-order chi connectivity index (χ0) is 20.1. The van der Waals surface area contributed by atoms with Gasteiger partial charge in [0, 0.05) is 24.3 Å². The molecule has 146 valence electrons. The molecular formula is C20H22N4O3S. The lowest BCUT2D eigenvalue weighted by Gasteiger charge is -2.09. The summed E-state index contributed by atoms with van der Waals surface area (Å²) >= 11 is 0. The van der Waals surface area contributed by atoms with E-state index in [1.807, 2.05) is 36.7 Å². The predicted octanol–water partition coefficient (Wildman–Crippen LogP) is 2.20. The monoisotopic (exact) mass is 398 g/mol. The molecule has 7 nitrogen and oxygen atoms in total. The molecule has 1 heterocycles. The molecule has 3 rings (SSSR count). The van der Waals surface area contributed by atoms with E-state index in [9.17, 15) is 13.2 Å². The summed E-state index contributed by atoms with van der Waals surface area (Å²) in [6.45, 7) is 4.19. The molecule has 0 radical (unpaired) electrons. The van der Waals surface area contributed by atoms with Crippen LogP contribution in [0.2, 0.25) is 0 Å². The molecule has 0 bridgehead atoms. The van der Waals surface area contributed by atoms with Crippen molar-refractivity contribution in [1.29, 1.82) is 0 Å². The Morgan fingerprint density at radius 1 is 1.00 bits per heavy atom. The molecular weight excluding hydrogens is 376 g/mol. The second-order valence-corrected chi connectivity index (χ2v) is 8.12. The minimum Gasteiger partial charge on any atom is -0.351 e. The summed E-state index contributed by atoms with van der Waals surface area (Å²) in [5, 5.41) is 7.12. The van der Waals surface area contributed by atoms with Crippen LogP contribution in [0, 0.1) is 13.8 Å². The first kappa shape index (κ1) is 19.8. The van der Waals surface area contributed by atoms with E-state index in [0.717, 1.165) is 17.1 Å². The molecule has 0 fully saturated rings. The van der Waals surface area contributed by atoms with Crippen molar-refractivity contribution in [1.82, 2.24) is 19.8 Å². The summed E-state index contributed by atoms with van der Waals surface area (Å²) in [6.07, 6.45) is 0. The quantitative estimate of drug-likeness (QED) is 0.597. The van der Waals surface area contributed by atoms with Crippen molar-refractivity contribution in [3.05, 3.63) is 77.6 Å². The van der Waals surface area contributed by atoms with Gasteiger partial charge in [-0.3, -0.25) is 4.79 Å². The number of amides is 1. The third-order valence-electron chi connectivity index (χ3n) is 4.14. The van der Waals surface area contributed by atoms with E-state index in [1.165, 1.54) is 12.1 Å². The molecule has 3 aromatic rings.